The maximum atomic E-state index is 13.2. The van der Waals surface area contributed by atoms with Gasteiger partial charge in [0.1, 0.15) is 17.3 Å². The molecule has 0 radical (unpaired) electrons. The third-order valence-electron chi connectivity index (χ3n) is 2.57. The minimum absolute atomic E-state index is 0.268. The van der Waals surface area contributed by atoms with E-state index in [2.05, 4.69) is 10.3 Å². The van der Waals surface area contributed by atoms with Gasteiger partial charge in [-0.15, -0.1) is 0 Å². The predicted molar refractivity (Wildman–Crippen MR) is 68.2 cm³/mol. The average molecular weight is 246 g/mol. The second kappa shape index (κ2) is 5.60. The van der Waals surface area contributed by atoms with E-state index >= 15 is 0 Å². The van der Waals surface area contributed by atoms with Crippen molar-refractivity contribution in [1.82, 2.24) is 10.3 Å². The lowest BCUT2D eigenvalue weighted by Crippen LogP contribution is -2.07. The van der Waals surface area contributed by atoms with E-state index in [4.69, 9.17) is 4.74 Å². The largest absolute Gasteiger partial charge is 0.455 e. The Bertz CT molecular complexity index is 543. The summed E-state index contributed by atoms with van der Waals surface area (Å²) in [6.45, 7) is 2.42. The molecular formula is C14H15FN2O. The van der Waals surface area contributed by atoms with E-state index in [1.165, 1.54) is 12.1 Å². The molecule has 3 nitrogen and oxygen atoms in total. The Morgan fingerprint density at radius 2 is 2.11 bits per heavy atom. The molecule has 0 spiro atoms. The van der Waals surface area contributed by atoms with Gasteiger partial charge in [0.25, 0.3) is 0 Å². The minimum atomic E-state index is -0.268. The minimum Gasteiger partial charge on any atom is -0.455 e. The molecule has 0 saturated heterocycles. The fourth-order valence-corrected chi connectivity index (χ4v) is 1.67. The Hall–Kier alpha value is -1.94. The number of aromatic nitrogens is 1. The summed E-state index contributed by atoms with van der Waals surface area (Å²) in [5, 5.41) is 2.99. The first-order valence-electron chi connectivity index (χ1n) is 5.73. The highest BCUT2D eigenvalue weighted by Crippen LogP contribution is 2.27. The van der Waals surface area contributed by atoms with Crippen molar-refractivity contribution in [2.45, 2.75) is 13.5 Å². The van der Waals surface area contributed by atoms with Gasteiger partial charge in [0.05, 0.1) is 5.69 Å². The van der Waals surface area contributed by atoms with Crippen LogP contribution in [0.2, 0.25) is 0 Å². The highest BCUT2D eigenvalue weighted by molar-refractivity contribution is 5.39. The van der Waals surface area contributed by atoms with E-state index in [0.717, 1.165) is 11.3 Å². The second-order valence-corrected chi connectivity index (χ2v) is 3.97. The summed E-state index contributed by atoms with van der Waals surface area (Å²) < 4.78 is 19.0. The molecule has 0 aliphatic heterocycles. The van der Waals surface area contributed by atoms with Gasteiger partial charge in [-0.2, -0.15) is 0 Å². The van der Waals surface area contributed by atoms with Gasteiger partial charge in [0.2, 0.25) is 0 Å². The van der Waals surface area contributed by atoms with E-state index < -0.39 is 0 Å². The van der Waals surface area contributed by atoms with Crippen LogP contribution >= 0.6 is 0 Å². The van der Waals surface area contributed by atoms with Crippen LogP contribution in [0.15, 0.2) is 36.5 Å². The zero-order valence-electron chi connectivity index (χ0n) is 10.4. The number of ether oxygens (including phenoxy) is 1. The molecule has 0 unspecified atom stereocenters. The van der Waals surface area contributed by atoms with Gasteiger partial charge in [-0.25, -0.2) is 4.39 Å². The summed E-state index contributed by atoms with van der Waals surface area (Å²) in [6, 6.07) is 8.14. The van der Waals surface area contributed by atoms with E-state index in [0.29, 0.717) is 18.0 Å². The van der Waals surface area contributed by atoms with E-state index in [9.17, 15) is 4.39 Å². The molecule has 0 saturated carbocycles. The van der Waals surface area contributed by atoms with Crippen LogP contribution in [0.4, 0.5) is 4.39 Å². The fraction of sp³-hybridized carbons (Fsp3) is 0.214. The zero-order valence-corrected chi connectivity index (χ0v) is 10.4. The number of nitrogens with one attached hydrogen (secondary N) is 1. The Morgan fingerprint density at radius 3 is 2.83 bits per heavy atom. The standard InChI is InChI=1S/C14H15FN2O/c1-10-13(4-3-7-17-10)18-14-6-5-12(15)8-11(14)9-16-2/h3-8,16H,9H2,1-2H3. The monoisotopic (exact) mass is 246 g/mol. The van der Waals surface area contributed by atoms with Gasteiger partial charge in [0, 0.05) is 18.3 Å². The lowest BCUT2D eigenvalue weighted by molar-refractivity contribution is 0.465. The van der Waals surface area contributed by atoms with Crippen molar-refractivity contribution in [3.05, 3.63) is 53.6 Å². The topological polar surface area (TPSA) is 34.1 Å². The molecule has 0 bridgehead atoms. The Kier molecular flexibility index (Phi) is 3.89. The molecule has 1 heterocycles. The van der Waals surface area contributed by atoms with Crippen LogP contribution in [-0.4, -0.2) is 12.0 Å². The Labute approximate surface area is 106 Å². The molecule has 4 heteroatoms. The summed E-state index contributed by atoms with van der Waals surface area (Å²) >= 11 is 0. The first kappa shape index (κ1) is 12.5. The van der Waals surface area contributed by atoms with Gasteiger partial charge in [-0.3, -0.25) is 4.98 Å². The number of aryl methyl sites for hydroxylation is 1. The molecule has 0 atom stereocenters. The molecule has 1 N–H and O–H groups in total. The van der Waals surface area contributed by atoms with Gasteiger partial charge in [-0.1, -0.05) is 0 Å². The van der Waals surface area contributed by atoms with Crippen molar-refractivity contribution in [3.8, 4) is 11.5 Å². The molecule has 18 heavy (non-hydrogen) atoms. The molecule has 0 amide bonds. The van der Waals surface area contributed by atoms with Crippen LogP contribution in [0.5, 0.6) is 11.5 Å². The first-order chi connectivity index (χ1) is 8.70. The molecular weight excluding hydrogens is 231 g/mol. The molecule has 2 aromatic rings. The number of nitrogens with zero attached hydrogens (tertiary/aromatic N) is 1. The van der Waals surface area contributed by atoms with Crippen LogP contribution in [-0.2, 0) is 6.54 Å². The highest BCUT2D eigenvalue weighted by Gasteiger charge is 2.07. The highest BCUT2D eigenvalue weighted by atomic mass is 19.1. The smallest absolute Gasteiger partial charge is 0.148 e. The van der Waals surface area contributed by atoms with E-state index in [1.807, 2.05) is 26.1 Å². The first-order valence-corrected chi connectivity index (χ1v) is 5.73. The van der Waals surface area contributed by atoms with Crippen molar-refractivity contribution >= 4 is 0 Å². The lowest BCUT2D eigenvalue weighted by atomic mass is 10.2. The third-order valence-corrected chi connectivity index (χ3v) is 2.57. The van der Waals surface area contributed by atoms with E-state index in [1.54, 1.807) is 12.3 Å². The zero-order chi connectivity index (χ0) is 13.0. The molecule has 0 fully saturated rings. The number of halogens is 1. The van der Waals surface area contributed by atoms with Crippen LogP contribution in [0.1, 0.15) is 11.3 Å². The molecule has 1 aromatic heterocycles. The van der Waals surface area contributed by atoms with Gasteiger partial charge < -0.3 is 10.1 Å². The molecule has 1 aromatic carbocycles. The summed E-state index contributed by atoms with van der Waals surface area (Å²) in [5.41, 5.74) is 1.58. The molecule has 94 valence electrons. The number of hydrogen-bond acceptors (Lipinski definition) is 3. The van der Waals surface area contributed by atoms with Crippen molar-refractivity contribution < 1.29 is 9.13 Å². The maximum absolute atomic E-state index is 13.2. The average Bonchev–Trinajstić information content (AvgIpc) is 2.35. The van der Waals surface area contributed by atoms with Crippen molar-refractivity contribution in [3.63, 3.8) is 0 Å². The van der Waals surface area contributed by atoms with E-state index in [-0.39, 0.29) is 5.82 Å². The quantitative estimate of drug-likeness (QED) is 0.900. The number of hydrogen-bond donors (Lipinski definition) is 1. The van der Waals surface area contributed by atoms with Gasteiger partial charge in [0.15, 0.2) is 0 Å². The number of benzene rings is 1. The van der Waals surface area contributed by atoms with Crippen molar-refractivity contribution in [2.24, 2.45) is 0 Å². The summed E-state index contributed by atoms with van der Waals surface area (Å²) in [4.78, 5) is 4.15. The third kappa shape index (κ3) is 2.84. The SMILES string of the molecule is CNCc1cc(F)ccc1Oc1cccnc1C. The number of rotatable bonds is 4. The second-order valence-electron chi connectivity index (χ2n) is 3.97. The van der Waals surface area contributed by atoms with Crippen molar-refractivity contribution in [1.29, 1.82) is 0 Å². The predicted octanol–water partition coefficient (Wildman–Crippen LogP) is 3.04. The van der Waals surface area contributed by atoms with Crippen LogP contribution in [0, 0.1) is 12.7 Å². The van der Waals surface area contributed by atoms with Crippen LogP contribution < -0.4 is 10.1 Å². The molecule has 2 rings (SSSR count). The van der Waals surface area contributed by atoms with Gasteiger partial charge in [-0.05, 0) is 44.3 Å². The normalized spacial score (nSPS) is 10.4. The van der Waals surface area contributed by atoms with Crippen molar-refractivity contribution in [2.75, 3.05) is 7.05 Å². The van der Waals surface area contributed by atoms with Gasteiger partial charge >= 0.3 is 0 Å². The summed E-state index contributed by atoms with van der Waals surface area (Å²) in [5.74, 6) is 1.05. The fourth-order valence-electron chi connectivity index (χ4n) is 1.67. The Morgan fingerprint density at radius 1 is 1.28 bits per heavy atom. The summed E-state index contributed by atoms with van der Waals surface area (Å²) in [6.07, 6.45) is 1.71. The maximum Gasteiger partial charge on any atom is 0.148 e. The number of pyridine rings is 1. The van der Waals surface area contributed by atoms with Crippen LogP contribution in [0.3, 0.4) is 0 Å². The molecule has 0 aliphatic rings. The summed E-state index contributed by atoms with van der Waals surface area (Å²) in [7, 11) is 1.81. The molecule has 0 aliphatic carbocycles. The van der Waals surface area contributed by atoms with Crippen LogP contribution in [0.25, 0.3) is 0 Å². The lowest BCUT2D eigenvalue weighted by Gasteiger charge is -2.12. The Balaban J connectivity index is 2.31.